The number of hydrogen-bond acceptors (Lipinski definition) is 3. The van der Waals surface area contributed by atoms with Crippen LogP contribution in [0.3, 0.4) is 0 Å². The van der Waals surface area contributed by atoms with E-state index in [1.54, 1.807) is 24.3 Å². The standard InChI is InChI=1S/C17H23O4/c1-21-17(20)10-6-9-15(18)7-4-2-3-5-8-16(19)13-14-11-12-14/h2-3,5,8,14-16,18-19H,1,6,9-13H2/q+1/b3-2+,8-5+. The zero-order chi connectivity index (χ0) is 15.5. The van der Waals surface area contributed by atoms with E-state index in [0.29, 0.717) is 18.8 Å². The molecule has 0 spiro atoms. The highest BCUT2D eigenvalue weighted by molar-refractivity contribution is 5.66. The molecule has 0 amide bonds. The van der Waals surface area contributed by atoms with Gasteiger partial charge < -0.3 is 10.2 Å². The van der Waals surface area contributed by atoms with Gasteiger partial charge in [0.15, 0.2) is 6.79 Å². The fraction of sp³-hybridized carbons (Fsp3) is 0.529. The van der Waals surface area contributed by atoms with E-state index in [2.05, 4.69) is 23.1 Å². The Bertz CT molecular complexity index is 449. The van der Waals surface area contributed by atoms with Gasteiger partial charge in [-0.3, -0.25) is 4.42 Å². The van der Waals surface area contributed by atoms with Gasteiger partial charge in [-0.25, -0.2) is 0 Å². The maximum Gasteiger partial charge on any atom is 0.579 e. The lowest BCUT2D eigenvalue weighted by atomic mass is 10.1. The Morgan fingerprint density at radius 1 is 1.38 bits per heavy atom. The lowest BCUT2D eigenvalue weighted by molar-refractivity contribution is -0.369. The SMILES string of the molecule is C=[O+]C(=O)CCCC(O)C#C/C=C/C=C/C(O)CC1CC1. The summed E-state index contributed by atoms with van der Waals surface area (Å²) in [5.74, 6) is 5.70. The molecule has 114 valence electrons. The molecule has 4 nitrogen and oxygen atoms in total. The van der Waals surface area contributed by atoms with Crippen LogP contribution in [0.15, 0.2) is 24.3 Å². The third kappa shape index (κ3) is 9.78. The molecular formula is C17H23O4+. The summed E-state index contributed by atoms with van der Waals surface area (Å²) in [5.41, 5.74) is 0. The summed E-state index contributed by atoms with van der Waals surface area (Å²) < 4.78 is 4.26. The molecule has 1 saturated carbocycles. The van der Waals surface area contributed by atoms with Crippen molar-refractivity contribution in [3.05, 3.63) is 24.3 Å². The van der Waals surface area contributed by atoms with Crippen molar-refractivity contribution in [1.29, 1.82) is 0 Å². The highest BCUT2D eigenvalue weighted by atomic mass is 16.4. The minimum atomic E-state index is -0.753. The maximum atomic E-state index is 10.8. The molecule has 0 radical (unpaired) electrons. The zero-order valence-corrected chi connectivity index (χ0v) is 12.2. The summed E-state index contributed by atoms with van der Waals surface area (Å²) in [4.78, 5) is 10.8. The normalized spacial score (nSPS) is 17.4. The molecule has 2 N–H and O–H groups in total. The molecule has 21 heavy (non-hydrogen) atoms. The van der Waals surface area contributed by atoms with Gasteiger partial charge in [0.1, 0.15) is 12.5 Å². The van der Waals surface area contributed by atoms with Crippen LogP contribution in [0.4, 0.5) is 0 Å². The van der Waals surface area contributed by atoms with Gasteiger partial charge in [-0.05, 0) is 31.3 Å². The number of aliphatic hydroxyl groups excluding tert-OH is 2. The van der Waals surface area contributed by atoms with Crippen molar-refractivity contribution >= 4 is 12.8 Å². The third-order valence-corrected chi connectivity index (χ3v) is 3.17. The van der Waals surface area contributed by atoms with E-state index in [0.717, 1.165) is 6.42 Å². The average molecular weight is 291 g/mol. The van der Waals surface area contributed by atoms with E-state index in [1.165, 1.54) is 12.8 Å². The molecule has 2 unspecified atom stereocenters. The van der Waals surface area contributed by atoms with Gasteiger partial charge in [-0.1, -0.05) is 42.9 Å². The lowest BCUT2D eigenvalue weighted by Crippen LogP contribution is -2.04. The maximum absolute atomic E-state index is 10.8. The van der Waals surface area contributed by atoms with Gasteiger partial charge in [0.05, 0.1) is 6.10 Å². The molecule has 0 bridgehead atoms. The van der Waals surface area contributed by atoms with Crippen LogP contribution in [-0.4, -0.2) is 35.2 Å². The van der Waals surface area contributed by atoms with E-state index >= 15 is 0 Å². The predicted octanol–water partition coefficient (Wildman–Crippen LogP) is 1.69. The topological polar surface area (TPSA) is 68.8 Å². The summed E-state index contributed by atoms with van der Waals surface area (Å²) in [6, 6.07) is 0. The molecule has 1 aliphatic carbocycles. The Morgan fingerprint density at radius 2 is 2.14 bits per heavy atom. The molecular weight excluding hydrogens is 268 g/mol. The molecule has 0 aromatic carbocycles. The second kappa shape index (κ2) is 10.1. The fourth-order valence-corrected chi connectivity index (χ4v) is 1.80. The van der Waals surface area contributed by atoms with Crippen molar-refractivity contribution in [1.82, 2.24) is 0 Å². The predicted molar refractivity (Wildman–Crippen MR) is 81.4 cm³/mol. The highest BCUT2D eigenvalue weighted by Crippen LogP contribution is 2.33. The Hall–Kier alpha value is -1.70. The second-order valence-corrected chi connectivity index (χ2v) is 5.20. The van der Waals surface area contributed by atoms with Crippen LogP contribution < -0.4 is 0 Å². The van der Waals surface area contributed by atoms with Gasteiger partial charge >= 0.3 is 5.97 Å². The quantitative estimate of drug-likeness (QED) is 0.406. The molecule has 0 aromatic rings. The first kappa shape index (κ1) is 17.4. The number of carbonyl (C=O) groups is 1. The number of rotatable bonds is 8. The van der Waals surface area contributed by atoms with Crippen LogP contribution in [-0.2, 0) is 9.22 Å². The number of allylic oxidation sites excluding steroid dienone is 3. The van der Waals surface area contributed by atoms with Gasteiger partial charge in [0.25, 0.3) is 0 Å². The summed E-state index contributed by atoms with van der Waals surface area (Å²) >= 11 is 0. The summed E-state index contributed by atoms with van der Waals surface area (Å²) in [6.07, 6.45) is 10.2. The Balaban J connectivity index is 2.14. The minimum absolute atomic E-state index is 0.236. The van der Waals surface area contributed by atoms with E-state index in [-0.39, 0.29) is 18.5 Å². The van der Waals surface area contributed by atoms with Crippen molar-refractivity contribution in [2.24, 2.45) is 5.92 Å². The van der Waals surface area contributed by atoms with Crippen molar-refractivity contribution in [2.45, 2.75) is 50.7 Å². The van der Waals surface area contributed by atoms with Crippen LogP contribution in [0.5, 0.6) is 0 Å². The summed E-state index contributed by atoms with van der Waals surface area (Å²) in [5, 5.41) is 19.2. The van der Waals surface area contributed by atoms with E-state index in [4.69, 9.17) is 0 Å². The molecule has 1 rings (SSSR count). The van der Waals surface area contributed by atoms with Crippen molar-refractivity contribution in [3.8, 4) is 11.8 Å². The highest BCUT2D eigenvalue weighted by Gasteiger charge is 2.23. The third-order valence-electron chi connectivity index (χ3n) is 3.17. The smallest absolute Gasteiger partial charge is 0.389 e. The van der Waals surface area contributed by atoms with E-state index in [9.17, 15) is 15.0 Å². The van der Waals surface area contributed by atoms with Crippen molar-refractivity contribution < 1.29 is 19.4 Å². The van der Waals surface area contributed by atoms with Crippen LogP contribution in [0, 0.1) is 17.8 Å². The van der Waals surface area contributed by atoms with Gasteiger partial charge in [0, 0.05) is 4.79 Å². The Morgan fingerprint density at radius 3 is 2.81 bits per heavy atom. The Kier molecular flexibility index (Phi) is 8.34. The summed E-state index contributed by atoms with van der Waals surface area (Å²) in [7, 11) is 0. The van der Waals surface area contributed by atoms with Gasteiger partial charge in [-0.15, -0.1) is 0 Å². The molecule has 0 saturated heterocycles. The molecule has 2 atom stereocenters. The zero-order valence-electron chi connectivity index (χ0n) is 12.2. The largest absolute Gasteiger partial charge is 0.579 e. The van der Waals surface area contributed by atoms with Crippen LogP contribution in [0.1, 0.15) is 38.5 Å². The molecule has 0 heterocycles. The minimum Gasteiger partial charge on any atom is -0.389 e. The first-order chi connectivity index (χ1) is 10.1. The summed E-state index contributed by atoms with van der Waals surface area (Å²) in [6.45, 7) is 3.02. The van der Waals surface area contributed by atoms with Crippen LogP contribution >= 0.6 is 0 Å². The second-order valence-electron chi connectivity index (χ2n) is 5.20. The fourth-order valence-electron chi connectivity index (χ4n) is 1.80. The van der Waals surface area contributed by atoms with Gasteiger partial charge in [-0.2, -0.15) is 0 Å². The first-order valence-electron chi connectivity index (χ1n) is 7.27. The monoisotopic (exact) mass is 291 g/mol. The first-order valence-corrected chi connectivity index (χ1v) is 7.27. The molecule has 4 heteroatoms. The lowest BCUT2D eigenvalue weighted by Gasteiger charge is -2.01. The molecule has 0 aromatic heterocycles. The van der Waals surface area contributed by atoms with Crippen LogP contribution in [0.2, 0.25) is 0 Å². The number of carbonyl (C=O) groups excluding carboxylic acids is 2. The molecule has 0 aliphatic heterocycles. The average Bonchev–Trinajstić information content (AvgIpc) is 3.26. The molecule has 1 aliphatic rings. The van der Waals surface area contributed by atoms with E-state index < -0.39 is 6.10 Å². The number of aliphatic hydroxyl groups is 2. The van der Waals surface area contributed by atoms with Crippen LogP contribution in [0.25, 0.3) is 0 Å². The van der Waals surface area contributed by atoms with Gasteiger partial charge in [0.2, 0.25) is 0 Å². The van der Waals surface area contributed by atoms with Crippen molar-refractivity contribution in [3.63, 3.8) is 0 Å². The number of hydrogen-bond donors (Lipinski definition) is 2. The van der Waals surface area contributed by atoms with E-state index in [1.807, 2.05) is 0 Å². The molecule has 1 fully saturated rings. The Labute approximate surface area is 125 Å². The van der Waals surface area contributed by atoms with Crippen molar-refractivity contribution in [2.75, 3.05) is 0 Å².